The summed E-state index contributed by atoms with van der Waals surface area (Å²) in [5.41, 5.74) is 1.30. The molecule has 1 atom stereocenters. The van der Waals surface area contributed by atoms with Gasteiger partial charge < -0.3 is 19.3 Å². The average molecular weight is 407 g/mol. The fourth-order valence-electron chi connectivity index (χ4n) is 3.35. The van der Waals surface area contributed by atoms with E-state index in [9.17, 15) is 13.2 Å². The molecule has 1 N–H and O–H groups in total. The number of rotatable bonds is 3. The molecule has 0 aliphatic carbocycles. The number of carboxylic acid groups (broad SMARTS) is 1. The molecule has 0 aromatic heterocycles. The summed E-state index contributed by atoms with van der Waals surface area (Å²) in [6.45, 7) is 3.69. The number of methoxy groups -OCH3 is 1. The molecule has 0 amide bonds. The van der Waals surface area contributed by atoms with Crippen LogP contribution in [0.4, 0.5) is 13.2 Å². The number of hydrogen-bond donors (Lipinski definition) is 1. The van der Waals surface area contributed by atoms with Gasteiger partial charge in [0.2, 0.25) is 6.79 Å². The zero-order chi connectivity index (χ0) is 19.7. The SMILES string of the molecule is COC1CSC2(C1)CN(Cc1ccc3c(c1)OCO3)C2.O=C(O)C(F)(F)F. The van der Waals surface area contributed by atoms with E-state index in [0.29, 0.717) is 17.6 Å². The van der Waals surface area contributed by atoms with E-state index in [1.54, 1.807) is 0 Å². The fourth-order valence-corrected chi connectivity index (χ4v) is 5.00. The van der Waals surface area contributed by atoms with Gasteiger partial charge in [0, 0.05) is 37.2 Å². The number of carboxylic acids is 1. The van der Waals surface area contributed by atoms with Crippen molar-refractivity contribution in [2.24, 2.45) is 0 Å². The zero-order valence-corrected chi connectivity index (χ0v) is 15.4. The third kappa shape index (κ3) is 4.80. The molecule has 0 radical (unpaired) electrons. The molecule has 1 spiro atoms. The van der Waals surface area contributed by atoms with E-state index >= 15 is 0 Å². The Labute approximate surface area is 158 Å². The van der Waals surface area contributed by atoms with Crippen LogP contribution in [0.2, 0.25) is 0 Å². The van der Waals surface area contributed by atoms with Gasteiger partial charge in [0.15, 0.2) is 11.5 Å². The average Bonchev–Trinajstić information content (AvgIpc) is 3.20. The number of aliphatic carboxylic acids is 1. The highest BCUT2D eigenvalue weighted by atomic mass is 32.2. The van der Waals surface area contributed by atoms with E-state index in [-0.39, 0.29) is 0 Å². The van der Waals surface area contributed by atoms with Crippen LogP contribution in [-0.2, 0) is 16.1 Å². The van der Waals surface area contributed by atoms with E-state index in [2.05, 4.69) is 28.8 Å². The molecule has 0 bridgehead atoms. The molecule has 27 heavy (non-hydrogen) atoms. The molecular weight excluding hydrogens is 387 g/mol. The van der Waals surface area contributed by atoms with Crippen molar-refractivity contribution in [3.05, 3.63) is 23.8 Å². The predicted octanol–water partition coefficient (Wildman–Crippen LogP) is 2.75. The topological polar surface area (TPSA) is 68.2 Å². The van der Waals surface area contributed by atoms with Crippen LogP contribution in [0.25, 0.3) is 0 Å². The molecule has 1 unspecified atom stereocenters. The number of alkyl halides is 3. The number of ether oxygens (including phenoxy) is 3. The molecule has 150 valence electrons. The summed E-state index contributed by atoms with van der Waals surface area (Å²) in [7, 11) is 1.83. The van der Waals surface area contributed by atoms with E-state index in [4.69, 9.17) is 24.1 Å². The minimum Gasteiger partial charge on any atom is -0.475 e. The lowest BCUT2D eigenvalue weighted by molar-refractivity contribution is -0.192. The molecule has 3 aliphatic heterocycles. The maximum Gasteiger partial charge on any atom is 0.490 e. The Balaban J connectivity index is 0.000000260. The zero-order valence-electron chi connectivity index (χ0n) is 14.6. The van der Waals surface area contributed by atoms with Gasteiger partial charge in [-0.15, -0.1) is 11.8 Å². The normalized spacial score (nSPS) is 22.9. The Morgan fingerprint density at radius 1 is 1.37 bits per heavy atom. The first kappa shape index (κ1) is 20.1. The van der Waals surface area contributed by atoms with Crippen molar-refractivity contribution in [3.63, 3.8) is 0 Å². The van der Waals surface area contributed by atoms with E-state index in [1.165, 1.54) is 25.1 Å². The molecule has 3 heterocycles. The van der Waals surface area contributed by atoms with Crippen molar-refractivity contribution in [1.82, 2.24) is 4.90 Å². The first-order valence-corrected chi connectivity index (χ1v) is 9.27. The molecule has 0 saturated carbocycles. The quantitative estimate of drug-likeness (QED) is 0.826. The predicted molar refractivity (Wildman–Crippen MR) is 92.1 cm³/mol. The van der Waals surface area contributed by atoms with Gasteiger partial charge in [-0.25, -0.2) is 4.79 Å². The van der Waals surface area contributed by atoms with E-state index < -0.39 is 12.1 Å². The van der Waals surface area contributed by atoms with Crippen LogP contribution < -0.4 is 9.47 Å². The van der Waals surface area contributed by atoms with Crippen molar-refractivity contribution in [2.45, 2.75) is 30.0 Å². The fraction of sp³-hybridized carbons (Fsp3) is 0.588. The third-order valence-electron chi connectivity index (χ3n) is 4.62. The van der Waals surface area contributed by atoms with Crippen molar-refractivity contribution in [3.8, 4) is 11.5 Å². The van der Waals surface area contributed by atoms with Gasteiger partial charge in [0.05, 0.1) is 6.10 Å². The molecular formula is C17H20F3NO5S. The standard InChI is InChI=1S/C15H19NO3S.C2HF3O2/c1-17-12-5-15(20-7-12)8-16(9-15)6-11-2-3-13-14(4-11)19-10-18-13;3-2(4,5)1(6)7/h2-4,12H,5-10H2,1H3;(H,6,7). The highest BCUT2D eigenvalue weighted by Crippen LogP contribution is 2.46. The summed E-state index contributed by atoms with van der Waals surface area (Å²) >= 11 is 2.09. The maximum atomic E-state index is 10.6. The summed E-state index contributed by atoms with van der Waals surface area (Å²) in [6, 6.07) is 6.25. The highest BCUT2D eigenvalue weighted by Gasteiger charge is 2.48. The monoisotopic (exact) mass is 407 g/mol. The molecule has 1 aromatic carbocycles. The molecule has 2 fully saturated rings. The minimum absolute atomic E-state index is 0.348. The summed E-state index contributed by atoms with van der Waals surface area (Å²) in [5.74, 6) is 0.136. The van der Waals surface area contributed by atoms with Crippen LogP contribution in [-0.4, -0.2) is 65.7 Å². The van der Waals surface area contributed by atoms with Crippen LogP contribution in [0.1, 0.15) is 12.0 Å². The van der Waals surface area contributed by atoms with Gasteiger partial charge in [-0.1, -0.05) is 6.07 Å². The Hall–Kier alpha value is -1.65. The third-order valence-corrected chi connectivity index (χ3v) is 6.19. The highest BCUT2D eigenvalue weighted by molar-refractivity contribution is 8.01. The van der Waals surface area contributed by atoms with E-state index in [0.717, 1.165) is 23.8 Å². The lowest BCUT2D eigenvalue weighted by Gasteiger charge is -2.47. The maximum absolute atomic E-state index is 10.6. The number of thioether (sulfide) groups is 1. The van der Waals surface area contributed by atoms with Gasteiger partial charge in [-0.05, 0) is 24.1 Å². The second kappa shape index (κ2) is 7.76. The van der Waals surface area contributed by atoms with Gasteiger partial charge in [-0.2, -0.15) is 13.2 Å². The van der Waals surface area contributed by atoms with Gasteiger partial charge >= 0.3 is 12.1 Å². The second-order valence-electron chi connectivity index (χ2n) is 6.69. The minimum atomic E-state index is -5.08. The first-order chi connectivity index (χ1) is 12.7. The second-order valence-corrected chi connectivity index (χ2v) is 8.18. The summed E-state index contributed by atoms with van der Waals surface area (Å²) in [4.78, 5) is 11.4. The van der Waals surface area contributed by atoms with E-state index in [1.807, 2.05) is 13.2 Å². The number of carbonyl (C=O) groups is 1. The Bertz CT molecular complexity index is 694. The van der Waals surface area contributed by atoms with Crippen molar-refractivity contribution in [2.75, 3.05) is 32.7 Å². The number of halogens is 3. The number of fused-ring (bicyclic) bond motifs is 1. The van der Waals surface area contributed by atoms with Crippen molar-refractivity contribution < 1.29 is 37.3 Å². The summed E-state index contributed by atoms with van der Waals surface area (Å²) < 4.78 is 48.4. The van der Waals surface area contributed by atoms with Gasteiger partial charge in [0.1, 0.15) is 0 Å². The van der Waals surface area contributed by atoms with Crippen molar-refractivity contribution in [1.29, 1.82) is 0 Å². The number of hydrogen-bond acceptors (Lipinski definition) is 6. The van der Waals surface area contributed by atoms with Crippen LogP contribution in [0.5, 0.6) is 11.5 Å². The summed E-state index contributed by atoms with van der Waals surface area (Å²) in [5, 5.41) is 7.12. The molecule has 4 rings (SSSR count). The Morgan fingerprint density at radius 2 is 2.04 bits per heavy atom. The van der Waals surface area contributed by atoms with Crippen LogP contribution in [0.15, 0.2) is 18.2 Å². The molecule has 2 saturated heterocycles. The number of nitrogens with zero attached hydrogens (tertiary/aromatic N) is 1. The smallest absolute Gasteiger partial charge is 0.475 e. The Kier molecular flexibility index (Phi) is 5.78. The molecule has 10 heteroatoms. The molecule has 6 nitrogen and oxygen atoms in total. The van der Waals surface area contributed by atoms with Crippen LogP contribution in [0, 0.1) is 0 Å². The number of benzene rings is 1. The number of likely N-dealkylation sites (tertiary alicyclic amines) is 1. The van der Waals surface area contributed by atoms with Crippen LogP contribution in [0.3, 0.4) is 0 Å². The lowest BCUT2D eigenvalue weighted by atomic mass is 9.92. The first-order valence-electron chi connectivity index (χ1n) is 8.28. The summed E-state index contributed by atoms with van der Waals surface area (Å²) in [6.07, 6.45) is -3.43. The molecule has 1 aromatic rings. The van der Waals surface area contributed by atoms with Gasteiger partial charge in [-0.3, -0.25) is 4.90 Å². The van der Waals surface area contributed by atoms with Crippen molar-refractivity contribution >= 4 is 17.7 Å². The Morgan fingerprint density at radius 3 is 2.63 bits per heavy atom. The molecule has 3 aliphatic rings. The van der Waals surface area contributed by atoms with Crippen LogP contribution >= 0.6 is 11.8 Å². The largest absolute Gasteiger partial charge is 0.490 e. The lowest BCUT2D eigenvalue weighted by Crippen LogP contribution is -2.58. The van der Waals surface area contributed by atoms with Gasteiger partial charge in [0.25, 0.3) is 0 Å².